The Hall–Kier alpha value is -1.46. The third-order valence-corrected chi connectivity index (χ3v) is 5.02. The molecule has 1 aromatic heterocycles. The Bertz CT molecular complexity index is 632. The van der Waals surface area contributed by atoms with Crippen molar-refractivity contribution in [1.82, 2.24) is 9.32 Å². The van der Waals surface area contributed by atoms with Gasteiger partial charge in [0.25, 0.3) is 0 Å². The van der Waals surface area contributed by atoms with Gasteiger partial charge in [-0.05, 0) is 24.8 Å². The van der Waals surface area contributed by atoms with Gasteiger partial charge in [0.05, 0.1) is 18.8 Å². The normalized spacial score (nSPS) is 24.2. The van der Waals surface area contributed by atoms with Gasteiger partial charge < -0.3 is 9.63 Å². The fraction of sp³-hybridized carbons (Fsp3) is 0.400. The van der Waals surface area contributed by atoms with Crippen molar-refractivity contribution in [2.75, 3.05) is 6.61 Å². The van der Waals surface area contributed by atoms with Crippen molar-refractivity contribution in [2.24, 2.45) is 0 Å². The molecule has 2 aromatic rings. The van der Waals surface area contributed by atoms with Crippen molar-refractivity contribution in [3.8, 4) is 0 Å². The van der Waals surface area contributed by atoms with Crippen molar-refractivity contribution < 1.29 is 18.7 Å². The average molecular weight is 322 g/mol. The van der Waals surface area contributed by atoms with E-state index in [1.165, 1.54) is 24.3 Å². The summed E-state index contributed by atoms with van der Waals surface area (Å²) in [4.78, 5) is 13.6. The minimum Gasteiger partial charge on any atom is -0.372 e. The lowest BCUT2D eigenvalue weighted by molar-refractivity contribution is 0.0154. The molecule has 118 valence electrons. The fourth-order valence-corrected chi connectivity index (χ4v) is 3.49. The molecular formula is C15H19N2O4P. The maximum absolute atomic E-state index is 12.0. The summed E-state index contributed by atoms with van der Waals surface area (Å²) in [6.07, 6.45) is 6.75. The van der Waals surface area contributed by atoms with Crippen LogP contribution in [0.5, 0.6) is 0 Å². The van der Waals surface area contributed by atoms with Gasteiger partial charge in [-0.25, -0.2) is 13.9 Å². The second-order valence-corrected chi connectivity index (χ2v) is 7.08. The Labute approximate surface area is 129 Å². The molecule has 1 saturated heterocycles. The lowest BCUT2D eigenvalue weighted by Gasteiger charge is -2.17. The van der Waals surface area contributed by atoms with Crippen molar-refractivity contribution in [3.05, 3.63) is 54.6 Å². The van der Waals surface area contributed by atoms with E-state index in [-0.39, 0.29) is 18.8 Å². The number of rotatable bonds is 6. The summed E-state index contributed by atoms with van der Waals surface area (Å²) in [7, 11) is -3.86. The number of ether oxygens (including phenoxy) is 1. The van der Waals surface area contributed by atoms with Gasteiger partial charge >= 0.3 is 7.75 Å². The number of nitrogens with zero attached hydrogens (tertiary/aromatic N) is 2. The maximum Gasteiger partial charge on any atom is 0.437 e. The Morgan fingerprint density at radius 2 is 2.09 bits per heavy atom. The van der Waals surface area contributed by atoms with Crippen molar-refractivity contribution in [1.29, 1.82) is 0 Å². The van der Waals surface area contributed by atoms with Gasteiger partial charge in [-0.15, -0.1) is 0 Å². The molecule has 0 radical (unpaired) electrons. The summed E-state index contributed by atoms with van der Waals surface area (Å²) < 4.78 is 24.2. The first-order valence-corrected chi connectivity index (χ1v) is 8.82. The van der Waals surface area contributed by atoms with Crippen LogP contribution in [-0.2, 0) is 20.2 Å². The van der Waals surface area contributed by atoms with Crippen LogP contribution in [0.1, 0.15) is 18.4 Å². The highest BCUT2D eigenvalue weighted by Crippen LogP contribution is 2.43. The van der Waals surface area contributed by atoms with E-state index in [1.807, 2.05) is 18.2 Å². The van der Waals surface area contributed by atoms with Crippen LogP contribution in [0, 0.1) is 0 Å². The van der Waals surface area contributed by atoms with Gasteiger partial charge in [0.1, 0.15) is 6.33 Å². The molecular weight excluding hydrogens is 303 g/mol. The van der Waals surface area contributed by atoms with Crippen LogP contribution >= 0.6 is 7.75 Å². The van der Waals surface area contributed by atoms with Crippen LogP contribution in [0.3, 0.4) is 0 Å². The first-order chi connectivity index (χ1) is 10.6. The van der Waals surface area contributed by atoms with Crippen LogP contribution in [-0.4, -0.2) is 33.0 Å². The number of aromatic nitrogens is 2. The first kappa shape index (κ1) is 15.4. The van der Waals surface area contributed by atoms with Crippen LogP contribution < -0.4 is 0 Å². The van der Waals surface area contributed by atoms with E-state index in [0.717, 1.165) is 23.6 Å². The highest BCUT2D eigenvalue weighted by Gasteiger charge is 2.29. The predicted molar refractivity (Wildman–Crippen MR) is 81.4 cm³/mol. The van der Waals surface area contributed by atoms with E-state index in [0.29, 0.717) is 0 Å². The Balaban J connectivity index is 1.48. The van der Waals surface area contributed by atoms with Crippen LogP contribution in [0.25, 0.3) is 0 Å². The number of hydrogen-bond donors (Lipinski definition) is 1. The van der Waals surface area contributed by atoms with E-state index in [4.69, 9.17) is 9.26 Å². The number of hydrogen-bond acceptors (Lipinski definition) is 4. The molecule has 1 unspecified atom stereocenters. The molecule has 0 spiro atoms. The molecule has 22 heavy (non-hydrogen) atoms. The van der Waals surface area contributed by atoms with E-state index < -0.39 is 7.75 Å². The zero-order valence-corrected chi connectivity index (χ0v) is 13.0. The highest BCUT2D eigenvalue weighted by atomic mass is 31.2. The lowest BCUT2D eigenvalue weighted by atomic mass is 10.1. The highest BCUT2D eigenvalue weighted by molar-refractivity contribution is 7.51. The van der Waals surface area contributed by atoms with Gasteiger partial charge in [-0.1, -0.05) is 30.3 Å². The third-order valence-electron chi connectivity index (χ3n) is 3.71. The van der Waals surface area contributed by atoms with Gasteiger partial charge in [-0.3, -0.25) is 4.52 Å². The van der Waals surface area contributed by atoms with E-state index >= 15 is 0 Å². The summed E-state index contributed by atoms with van der Waals surface area (Å²) in [6, 6.07) is 10.2. The second kappa shape index (κ2) is 6.75. The molecule has 0 amide bonds. The Kier molecular flexibility index (Phi) is 4.74. The Morgan fingerprint density at radius 3 is 2.82 bits per heavy atom. The molecule has 0 bridgehead atoms. The quantitative estimate of drug-likeness (QED) is 0.828. The summed E-state index contributed by atoms with van der Waals surface area (Å²) in [5, 5.41) is 0. The van der Waals surface area contributed by atoms with Crippen LogP contribution in [0.15, 0.2) is 49.1 Å². The molecule has 3 rings (SSSR count). The molecule has 1 aliphatic rings. The first-order valence-electron chi connectivity index (χ1n) is 7.29. The van der Waals surface area contributed by atoms with Gasteiger partial charge in [-0.2, -0.15) is 0 Å². The van der Waals surface area contributed by atoms with E-state index in [9.17, 15) is 9.46 Å². The van der Waals surface area contributed by atoms with Crippen molar-refractivity contribution in [3.63, 3.8) is 0 Å². The molecule has 0 saturated carbocycles. The predicted octanol–water partition coefficient (Wildman–Crippen LogP) is 2.64. The second-order valence-electron chi connectivity index (χ2n) is 5.38. The third kappa shape index (κ3) is 3.84. The topological polar surface area (TPSA) is 73.6 Å². The van der Waals surface area contributed by atoms with Gasteiger partial charge in [0, 0.05) is 12.4 Å². The molecule has 1 aliphatic heterocycles. The smallest absolute Gasteiger partial charge is 0.372 e. The number of benzene rings is 1. The lowest BCUT2D eigenvalue weighted by Crippen LogP contribution is -2.18. The molecule has 1 aromatic carbocycles. The monoisotopic (exact) mass is 322 g/mol. The molecule has 6 nitrogen and oxygen atoms in total. The minimum atomic E-state index is -3.86. The zero-order chi connectivity index (χ0) is 15.4. The minimum absolute atomic E-state index is 0.108. The summed E-state index contributed by atoms with van der Waals surface area (Å²) in [5.74, 6) is 0. The molecule has 7 heteroatoms. The van der Waals surface area contributed by atoms with E-state index in [2.05, 4.69) is 17.1 Å². The molecule has 0 aliphatic carbocycles. The standard InChI is InChI=1S/C15H19N2O4P/c18-22(19,17-9-8-16-12-17)20-11-15-7-6-14(21-15)10-13-4-2-1-3-5-13/h1-5,8-9,12,14-15H,6-7,10-11H2,(H,18,19)/t14-,15+/m1/s1. The van der Waals surface area contributed by atoms with Crippen molar-refractivity contribution >= 4 is 7.75 Å². The van der Waals surface area contributed by atoms with Gasteiger partial charge in [0.15, 0.2) is 0 Å². The molecule has 3 atom stereocenters. The zero-order valence-electron chi connectivity index (χ0n) is 12.1. The molecule has 2 heterocycles. The number of imidazole rings is 1. The van der Waals surface area contributed by atoms with Crippen LogP contribution in [0.4, 0.5) is 0 Å². The maximum atomic E-state index is 12.0. The largest absolute Gasteiger partial charge is 0.437 e. The molecule has 1 N–H and O–H groups in total. The Morgan fingerprint density at radius 1 is 1.32 bits per heavy atom. The van der Waals surface area contributed by atoms with Gasteiger partial charge in [0.2, 0.25) is 0 Å². The summed E-state index contributed by atoms with van der Waals surface area (Å²) in [5.41, 5.74) is 1.24. The fourth-order valence-electron chi connectivity index (χ4n) is 2.58. The SMILES string of the molecule is O=P(O)(OC[C@@H]1CC[C@H](Cc2ccccc2)O1)n1ccnc1. The summed E-state index contributed by atoms with van der Waals surface area (Å²) in [6.45, 7) is 0.108. The molecule has 1 fully saturated rings. The summed E-state index contributed by atoms with van der Waals surface area (Å²) >= 11 is 0. The van der Waals surface area contributed by atoms with Crippen LogP contribution in [0.2, 0.25) is 0 Å². The van der Waals surface area contributed by atoms with Crippen molar-refractivity contribution in [2.45, 2.75) is 31.5 Å². The average Bonchev–Trinajstić information content (AvgIpc) is 3.18. The van der Waals surface area contributed by atoms with E-state index in [1.54, 1.807) is 0 Å².